The summed E-state index contributed by atoms with van der Waals surface area (Å²) in [6.07, 6.45) is 0. The van der Waals surface area contributed by atoms with Crippen molar-refractivity contribution in [2.24, 2.45) is 0 Å². The van der Waals surface area contributed by atoms with Gasteiger partial charge in [0.2, 0.25) is 5.91 Å². The Morgan fingerprint density at radius 1 is 0.833 bits per heavy atom. The number of sulfonamides is 1. The minimum Gasteiger partial charge on any atom is -0.374 e. The zero-order chi connectivity index (χ0) is 21.7. The van der Waals surface area contributed by atoms with Crippen molar-refractivity contribution in [1.82, 2.24) is 0 Å². The van der Waals surface area contributed by atoms with Crippen molar-refractivity contribution in [2.75, 3.05) is 15.4 Å². The quantitative estimate of drug-likeness (QED) is 0.437. The van der Waals surface area contributed by atoms with E-state index in [-0.39, 0.29) is 10.8 Å². The van der Waals surface area contributed by atoms with Crippen LogP contribution in [-0.2, 0) is 14.8 Å². The molecule has 0 fully saturated rings. The molecule has 1 unspecified atom stereocenters. The summed E-state index contributed by atoms with van der Waals surface area (Å²) < 4.78 is 28.4. The van der Waals surface area contributed by atoms with Crippen molar-refractivity contribution in [1.29, 1.82) is 0 Å². The smallest absolute Gasteiger partial charge is 0.261 e. The third kappa shape index (κ3) is 5.84. The van der Waals surface area contributed by atoms with Gasteiger partial charge in [0, 0.05) is 21.5 Å². The summed E-state index contributed by atoms with van der Waals surface area (Å²) >= 11 is 3.36. The highest BCUT2D eigenvalue weighted by Crippen LogP contribution is 2.20. The van der Waals surface area contributed by atoms with Crippen LogP contribution < -0.4 is 15.4 Å². The summed E-state index contributed by atoms with van der Waals surface area (Å²) in [5, 5.41) is 5.94. The number of amides is 1. The predicted octanol–water partition coefficient (Wildman–Crippen LogP) is 5.00. The Morgan fingerprint density at radius 2 is 1.37 bits per heavy atom. The average molecular weight is 488 g/mol. The van der Waals surface area contributed by atoms with Gasteiger partial charge in [-0.3, -0.25) is 9.52 Å². The fraction of sp³-hybridized carbons (Fsp3) is 0.136. The molecule has 0 heterocycles. The van der Waals surface area contributed by atoms with Crippen LogP contribution in [0.4, 0.5) is 17.1 Å². The molecular formula is C22H22BrN3O3S. The Bertz CT molecular complexity index is 1110. The SMILES string of the molecule is Cc1ccc(S(=O)(=O)Nc2ccc(NC(C)C(=O)Nc3ccc(Br)cc3)cc2)cc1. The molecule has 156 valence electrons. The maximum absolute atomic E-state index is 12.5. The molecule has 0 bridgehead atoms. The van der Waals surface area contributed by atoms with Gasteiger partial charge in [-0.05, 0) is 74.5 Å². The van der Waals surface area contributed by atoms with Gasteiger partial charge in [-0.25, -0.2) is 8.42 Å². The highest BCUT2D eigenvalue weighted by atomic mass is 79.9. The molecule has 1 atom stereocenters. The van der Waals surface area contributed by atoms with E-state index in [0.29, 0.717) is 17.1 Å². The van der Waals surface area contributed by atoms with Crippen molar-refractivity contribution in [3.8, 4) is 0 Å². The van der Waals surface area contributed by atoms with Crippen molar-refractivity contribution in [2.45, 2.75) is 24.8 Å². The van der Waals surface area contributed by atoms with Crippen LogP contribution in [0.25, 0.3) is 0 Å². The second-order valence-corrected chi connectivity index (χ2v) is 9.46. The zero-order valence-electron chi connectivity index (χ0n) is 16.5. The number of carbonyl (C=O) groups excluding carboxylic acids is 1. The van der Waals surface area contributed by atoms with E-state index in [2.05, 4.69) is 31.3 Å². The van der Waals surface area contributed by atoms with Crippen LogP contribution in [0.1, 0.15) is 12.5 Å². The number of anilines is 3. The van der Waals surface area contributed by atoms with Crippen LogP contribution in [0.15, 0.2) is 82.2 Å². The molecule has 0 saturated heterocycles. The van der Waals surface area contributed by atoms with Gasteiger partial charge in [0.25, 0.3) is 10.0 Å². The van der Waals surface area contributed by atoms with Crippen molar-refractivity contribution < 1.29 is 13.2 Å². The molecular weight excluding hydrogens is 466 g/mol. The van der Waals surface area contributed by atoms with Gasteiger partial charge in [0.05, 0.1) is 4.90 Å². The molecule has 0 radical (unpaired) electrons. The molecule has 0 aliphatic carbocycles. The van der Waals surface area contributed by atoms with E-state index >= 15 is 0 Å². The monoisotopic (exact) mass is 487 g/mol. The van der Waals surface area contributed by atoms with E-state index < -0.39 is 16.1 Å². The topological polar surface area (TPSA) is 87.3 Å². The number of halogens is 1. The van der Waals surface area contributed by atoms with Crippen molar-refractivity contribution >= 4 is 48.9 Å². The molecule has 3 rings (SSSR count). The van der Waals surface area contributed by atoms with Crippen LogP contribution in [0.5, 0.6) is 0 Å². The lowest BCUT2D eigenvalue weighted by molar-refractivity contribution is -0.116. The van der Waals surface area contributed by atoms with Gasteiger partial charge in [-0.1, -0.05) is 33.6 Å². The molecule has 0 aliphatic rings. The number of aryl methyl sites for hydroxylation is 1. The summed E-state index contributed by atoms with van der Waals surface area (Å²) in [6.45, 7) is 3.65. The molecule has 1 amide bonds. The van der Waals surface area contributed by atoms with E-state index in [1.807, 2.05) is 31.2 Å². The second-order valence-electron chi connectivity index (χ2n) is 6.86. The summed E-state index contributed by atoms with van der Waals surface area (Å²) in [7, 11) is -3.65. The zero-order valence-corrected chi connectivity index (χ0v) is 18.9. The van der Waals surface area contributed by atoms with Crippen LogP contribution >= 0.6 is 15.9 Å². The van der Waals surface area contributed by atoms with Gasteiger partial charge < -0.3 is 10.6 Å². The minimum atomic E-state index is -3.65. The fourth-order valence-electron chi connectivity index (χ4n) is 2.67. The van der Waals surface area contributed by atoms with Gasteiger partial charge >= 0.3 is 0 Å². The maximum atomic E-state index is 12.5. The highest BCUT2D eigenvalue weighted by molar-refractivity contribution is 9.10. The predicted molar refractivity (Wildman–Crippen MR) is 124 cm³/mol. The number of benzene rings is 3. The van der Waals surface area contributed by atoms with Crippen molar-refractivity contribution in [3.05, 3.63) is 82.8 Å². The third-order valence-electron chi connectivity index (χ3n) is 4.36. The van der Waals surface area contributed by atoms with E-state index in [4.69, 9.17) is 0 Å². The van der Waals surface area contributed by atoms with E-state index in [1.165, 1.54) is 0 Å². The Balaban J connectivity index is 1.60. The molecule has 0 saturated carbocycles. The average Bonchev–Trinajstić information content (AvgIpc) is 2.71. The molecule has 0 aromatic heterocycles. The lowest BCUT2D eigenvalue weighted by atomic mass is 10.2. The number of nitrogens with one attached hydrogen (secondary N) is 3. The molecule has 30 heavy (non-hydrogen) atoms. The Hall–Kier alpha value is -2.84. The third-order valence-corrected chi connectivity index (χ3v) is 6.28. The second kappa shape index (κ2) is 9.32. The maximum Gasteiger partial charge on any atom is 0.261 e. The standard InChI is InChI=1S/C22H22BrN3O3S/c1-15-3-13-21(14-4-15)30(28,29)26-20-11-9-18(10-12-20)24-16(2)22(27)25-19-7-5-17(23)6-8-19/h3-14,16,24,26H,1-2H3,(H,25,27). The van der Waals surface area contributed by atoms with Gasteiger partial charge in [0.1, 0.15) is 6.04 Å². The summed E-state index contributed by atoms with van der Waals surface area (Å²) in [6, 6.07) is 20.2. The van der Waals surface area contributed by atoms with E-state index in [0.717, 1.165) is 10.0 Å². The summed E-state index contributed by atoms with van der Waals surface area (Å²) in [5.74, 6) is -0.179. The summed E-state index contributed by atoms with van der Waals surface area (Å²) in [4.78, 5) is 12.6. The number of hydrogen-bond donors (Lipinski definition) is 3. The lowest BCUT2D eigenvalue weighted by Crippen LogP contribution is -2.31. The van der Waals surface area contributed by atoms with E-state index in [9.17, 15) is 13.2 Å². The first kappa shape index (κ1) is 21.9. The molecule has 6 nitrogen and oxygen atoms in total. The largest absolute Gasteiger partial charge is 0.374 e. The Kier molecular flexibility index (Phi) is 6.79. The molecule has 3 aromatic rings. The van der Waals surface area contributed by atoms with Crippen LogP contribution in [-0.4, -0.2) is 20.4 Å². The first-order valence-electron chi connectivity index (χ1n) is 9.25. The summed E-state index contributed by atoms with van der Waals surface area (Å²) in [5.41, 5.74) is 2.83. The molecule has 0 spiro atoms. The molecule has 0 aliphatic heterocycles. The van der Waals surface area contributed by atoms with Crippen LogP contribution in [0, 0.1) is 6.92 Å². The van der Waals surface area contributed by atoms with Gasteiger partial charge in [-0.2, -0.15) is 0 Å². The molecule has 8 heteroatoms. The molecule has 3 aromatic carbocycles. The van der Waals surface area contributed by atoms with Crippen molar-refractivity contribution in [3.63, 3.8) is 0 Å². The van der Waals surface area contributed by atoms with Gasteiger partial charge in [0.15, 0.2) is 0 Å². The van der Waals surface area contributed by atoms with E-state index in [1.54, 1.807) is 55.5 Å². The first-order chi connectivity index (χ1) is 14.2. The van der Waals surface area contributed by atoms with Crippen LogP contribution in [0.2, 0.25) is 0 Å². The Morgan fingerprint density at radius 3 is 1.97 bits per heavy atom. The Labute approximate surface area is 184 Å². The highest BCUT2D eigenvalue weighted by Gasteiger charge is 2.15. The number of carbonyl (C=O) groups is 1. The molecule has 3 N–H and O–H groups in total. The number of hydrogen-bond acceptors (Lipinski definition) is 4. The van der Waals surface area contributed by atoms with Gasteiger partial charge in [-0.15, -0.1) is 0 Å². The lowest BCUT2D eigenvalue weighted by Gasteiger charge is -2.16. The normalized spacial score (nSPS) is 12.1. The minimum absolute atomic E-state index is 0.179. The number of rotatable bonds is 7. The first-order valence-corrected chi connectivity index (χ1v) is 11.5. The van der Waals surface area contributed by atoms with Crippen LogP contribution in [0.3, 0.4) is 0 Å². The fourth-order valence-corrected chi connectivity index (χ4v) is 3.99.